The SMILES string of the molecule is Cc1ccc(NC(=O)c2ccc(O)c(C)c2)c(C)n1. The molecule has 0 bridgehead atoms. The lowest BCUT2D eigenvalue weighted by molar-refractivity contribution is 0.102. The van der Waals surface area contributed by atoms with E-state index in [2.05, 4.69) is 10.3 Å². The zero-order valence-electron chi connectivity index (χ0n) is 11.2. The lowest BCUT2D eigenvalue weighted by Crippen LogP contribution is -2.13. The number of phenolic OH excluding ortho intramolecular Hbond substituents is 1. The lowest BCUT2D eigenvalue weighted by atomic mass is 10.1. The smallest absolute Gasteiger partial charge is 0.255 e. The van der Waals surface area contributed by atoms with Crippen LogP contribution in [-0.4, -0.2) is 16.0 Å². The third kappa shape index (κ3) is 2.91. The van der Waals surface area contributed by atoms with Crippen molar-refractivity contribution in [3.05, 3.63) is 52.8 Å². The first-order chi connectivity index (χ1) is 8.97. The average Bonchev–Trinajstić information content (AvgIpc) is 2.36. The second kappa shape index (κ2) is 5.10. The molecule has 0 spiro atoms. The number of nitrogens with zero attached hydrogens (tertiary/aromatic N) is 1. The van der Waals surface area contributed by atoms with Crippen LogP contribution in [0.4, 0.5) is 5.69 Å². The highest BCUT2D eigenvalue weighted by Gasteiger charge is 2.09. The molecule has 0 aliphatic rings. The fraction of sp³-hybridized carbons (Fsp3) is 0.200. The molecule has 2 rings (SSSR count). The summed E-state index contributed by atoms with van der Waals surface area (Å²) in [7, 11) is 0. The number of amides is 1. The third-order valence-corrected chi connectivity index (χ3v) is 2.93. The Bertz CT molecular complexity index is 636. The molecule has 98 valence electrons. The number of benzene rings is 1. The molecule has 4 heteroatoms. The van der Waals surface area contributed by atoms with Crippen LogP contribution in [-0.2, 0) is 0 Å². The highest BCUT2D eigenvalue weighted by Crippen LogP contribution is 2.19. The molecule has 1 aromatic heterocycles. The minimum absolute atomic E-state index is 0.185. The first-order valence-electron chi connectivity index (χ1n) is 6.02. The molecule has 0 aliphatic heterocycles. The van der Waals surface area contributed by atoms with Gasteiger partial charge in [0.2, 0.25) is 0 Å². The molecule has 0 fully saturated rings. The molecule has 4 nitrogen and oxygen atoms in total. The number of carbonyl (C=O) groups excluding carboxylic acids is 1. The standard InChI is InChI=1S/C15H16N2O2/c1-9-8-12(5-7-14(9)18)15(19)17-13-6-4-10(2)16-11(13)3/h4-8,18H,1-3H3,(H,17,19). The van der Waals surface area contributed by atoms with Gasteiger partial charge < -0.3 is 10.4 Å². The van der Waals surface area contributed by atoms with Gasteiger partial charge in [-0.2, -0.15) is 0 Å². The van der Waals surface area contributed by atoms with Crippen molar-refractivity contribution in [1.29, 1.82) is 0 Å². The van der Waals surface area contributed by atoms with Gasteiger partial charge in [0.05, 0.1) is 11.4 Å². The summed E-state index contributed by atoms with van der Waals surface area (Å²) in [5.41, 5.74) is 3.57. The van der Waals surface area contributed by atoms with Crippen molar-refractivity contribution in [3.8, 4) is 5.75 Å². The summed E-state index contributed by atoms with van der Waals surface area (Å²) >= 11 is 0. The largest absolute Gasteiger partial charge is 0.508 e. The number of aromatic hydroxyl groups is 1. The molecule has 0 saturated carbocycles. The third-order valence-electron chi connectivity index (χ3n) is 2.93. The Morgan fingerprint density at radius 2 is 1.89 bits per heavy atom. The van der Waals surface area contributed by atoms with Crippen LogP contribution in [0, 0.1) is 20.8 Å². The molecule has 19 heavy (non-hydrogen) atoms. The van der Waals surface area contributed by atoms with Gasteiger partial charge in [0.15, 0.2) is 0 Å². The van der Waals surface area contributed by atoms with Gasteiger partial charge in [-0.25, -0.2) is 0 Å². The number of phenols is 1. The number of nitrogens with one attached hydrogen (secondary N) is 1. The quantitative estimate of drug-likeness (QED) is 0.868. The number of anilines is 1. The number of aromatic nitrogens is 1. The van der Waals surface area contributed by atoms with Crippen LogP contribution in [0.5, 0.6) is 5.75 Å². The van der Waals surface area contributed by atoms with Gasteiger partial charge in [-0.1, -0.05) is 0 Å². The summed E-state index contributed by atoms with van der Waals surface area (Å²) in [6, 6.07) is 8.45. The molecule has 2 N–H and O–H groups in total. The van der Waals surface area contributed by atoms with Crippen LogP contribution in [0.3, 0.4) is 0 Å². The van der Waals surface area contributed by atoms with E-state index in [9.17, 15) is 9.90 Å². The summed E-state index contributed by atoms with van der Waals surface area (Å²) in [5, 5.41) is 12.3. The molecule has 2 aromatic rings. The van der Waals surface area contributed by atoms with E-state index in [4.69, 9.17) is 0 Å². The summed E-state index contributed by atoms with van der Waals surface area (Å²) in [6.07, 6.45) is 0. The van der Waals surface area contributed by atoms with Crippen molar-refractivity contribution < 1.29 is 9.90 Å². The van der Waals surface area contributed by atoms with Crippen LogP contribution in [0.2, 0.25) is 0 Å². The van der Waals surface area contributed by atoms with Crippen LogP contribution in [0.1, 0.15) is 27.3 Å². The highest BCUT2D eigenvalue weighted by molar-refractivity contribution is 6.04. The Labute approximate surface area is 112 Å². The first kappa shape index (κ1) is 13.1. The van der Waals surface area contributed by atoms with E-state index < -0.39 is 0 Å². The Kier molecular flexibility index (Phi) is 3.51. The fourth-order valence-electron chi connectivity index (χ4n) is 1.81. The maximum atomic E-state index is 12.1. The second-order valence-electron chi connectivity index (χ2n) is 4.54. The van der Waals surface area contributed by atoms with Gasteiger partial charge >= 0.3 is 0 Å². The Hall–Kier alpha value is -2.36. The number of rotatable bonds is 2. The number of carbonyl (C=O) groups is 1. The van der Waals surface area contributed by atoms with Crippen molar-refractivity contribution >= 4 is 11.6 Å². The van der Waals surface area contributed by atoms with Crippen LogP contribution < -0.4 is 5.32 Å². The van der Waals surface area contributed by atoms with Gasteiger partial charge in [0.25, 0.3) is 5.91 Å². The van der Waals surface area contributed by atoms with E-state index in [0.717, 1.165) is 11.4 Å². The summed E-state index contributed by atoms with van der Waals surface area (Å²) in [5.74, 6) is -0.0263. The van der Waals surface area contributed by atoms with E-state index in [0.29, 0.717) is 16.8 Å². The van der Waals surface area contributed by atoms with Crippen molar-refractivity contribution in [2.45, 2.75) is 20.8 Å². The molecule has 1 heterocycles. The van der Waals surface area contributed by atoms with E-state index in [1.807, 2.05) is 26.0 Å². The molecular weight excluding hydrogens is 240 g/mol. The summed E-state index contributed by atoms with van der Waals surface area (Å²) in [4.78, 5) is 16.4. The minimum Gasteiger partial charge on any atom is -0.508 e. The van der Waals surface area contributed by atoms with Crippen molar-refractivity contribution in [2.75, 3.05) is 5.32 Å². The molecule has 0 aliphatic carbocycles. The predicted octanol–water partition coefficient (Wildman–Crippen LogP) is 2.96. The summed E-state index contributed by atoms with van der Waals surface area (Å²) in [6.45, 7) is 5.51. The maximum absolute atomic E-state index is 12.1. The molecule has 1 amide bonds. The molecule has 0 unspecified atom stereocenters. The molecule has 0 atom stereocenters. The highest BCUT2D eigenvalue weighted by atomic mass is 16.3. The molecule has 0 radical (unpaired) electrons. The van der Waals surface area contributed by atoms with Crippen LogP contribution in [0.25, 0.3) is 0 Å². The van der Waals surface area contributed by atoms with Crippen molar-refractivity contribution in [3.63, 3.8) is 0 Å². The Morgan fingerprint density at radius 3 is 2.53 bits per heavy atom. The van der Waals surface area contributed by atoms with Crippen molar-refractivity contribution in [2.24, 2.45) is 0 Å². The molecule has 0 saturated heterocycles. The Balaban J connectivity index is 2.23. The summed E-state index contributed by atoms with van der Waals surface area (Å²) < 4.78 is 0. The number of hydrogen-bond donors (Lipinski definition) is 2. The first-order valence-corrected chi connectivity index (χ1v) is 6.02. The number of aryl methyl sites for hydroxylation is 3. The minimum atomic E-state index is -0.211. The van der Waals surface area contributed by atoms with E-state index in [-0.39, 0.29) is 11.7 Å². The van der Waals surface area contributed by atoms with Gasteiger partial charge in [-0.3, -0.25) is 9.78 Å². The van der Waals surface area contributed by atoms with Gasteiger partial charge in [-0.05, 0) is 56.7 Å². The normalized spacial score (nSPS) is 10.3. The van der Waals surface area contributed by atoms with E-state index >= 15 is 0 Å². The van der Waals surface area contributed by atoms with Gasteiger partial charge in [0, 0.05) is 11.3 Å². The lowest BCUT2D eigenvalue weighted by Gasteiger charge is -2.09. The zero-order valence-corrected chi connectivity index (χ0v) is 11.2. The second-order valence-corrected chi connectivity index (χ2v) is 4.54. The van der Waals surface area contributed by atoms with E-state index in [1.165, 1.54) is 6.07 Å². The fourth-order valence-corrected chi connectivity index (χ4v) is 1.81. The average molecular weight is 256 g/mol. The predicted molar refractivity (Wildman–Crippen MR) is 74.5 cm³/mol. The zero-order chi connectivity index (χ0) is 14.0. The van der Waals surface area contributed by atoms with Crippen LogP contribution >= 0.6 is 0 Å². The van der Waals surface area contributed by atoms with Gasteiger partial charge in [-0.15, -0.1) is 0 Å². The van der Waals surface area contributed by atoms with E-state index in [1.54, 1.807) is 19.1 Å². The maximum Gasteiger partial charge on any atom is 0.255 e. The number of pyridine rings is 1. The Morgan fingerprint density at radius 1 is 1.16 bits per heavy atom. The monoisotopic (exact) mass is 256 g/mol. The van der Waals surface area contributed by atoms with Gasteiger partial charge in [0.1, 0.15) is 5.75 Å². The molecular formula is C15H16N2O2. The topological polar surface area (TPSA) is 62.2 Å². The number of hydrogen-bond acceptors (Lipinski definition) is 3. The van der Waals surface area contributed by atoms with Crippen LogP contribution in [0.15, 0.2) is 30.3 Å². The van der Waals surface area contributed by atoms with Crippen molar-refractivity contribution in [1.82, 2.24) is 4.98 Å². The molecule has 1 aromatic carbocycles.